The molecule has 0 aromatic carbocycles. The van der Waals surface area contributed by atoms with Crippen LogP contribution in [0.1, 0.15) is 12.0 Å². The molecule has 3 aromatic heterocycles. The van der Waals surface area contributed by atoms with E-state index in [2.05, 4.69) is 20.5 Å². The van der Waals surface area contributed by atoms with Crippen LogP contribution < -0.4 is 5.32 Å². The number of carbonyl (C=O) groups is 1. The molecule has 0 unspecified atom stereocenters. The van der Waals surface area contributed by atoms with Crippen molar-refractivity contribution in [1.82, 2.24) is 19.7 Å². The molecule has 1 amide bonds. The van der Waals surface area contributed by atoms with Gasteiger partial charge in [0.1, 0.15) is 5.82 Å². The zero-order valence-corrected chi connectivity index (χ0v) is 14.1. The second kappa shape index (κ2) is 6.84. The molecule has 0 aliphatic heterocycles. The maximum Gasteiger partial charge on any atom is 0.227 e. The Morgan fingerprint density at radius 3 is 3.04 bits per heavy atom. The smallest absolute Gasteiger partial charge is 0.227 e. The van der Waals surface area contributed by atoms with Crippen LogP contribution in [0.25, 0.3) is 10.7 Å². The zero-order chi connectivity index (χ0) is 16.2. The standard InChI is InChI=1S/C15H15N5OS2/c1-10-4-2-7-16-13(10)17-12(21)6-8-20-14(18-19-15(20)22)11-5-3-9-23-11/h2-5,7,9H,6,8H2,1H3,(H,19,22)(H,16,17,21). The van der Waals surface area contributed by atoms with Crippen molar-refractivity contribution in [2.75, 3.05) is 5.32 Å². The Morgan fingerprint density at radius 2 is 2.30 bits per heavy atom. The third kappa shape index (κ3) is 3.54. The first-order chi connectivity index (χ1) is 11.1. The van der Waals surface area contributed by atoms with Gasteiger partial charge in [0.25, 0.3) is 0 Å². The molecule has 23 heavy (non-hydrogen) atoms. The largest absolute Gasteiger partial charge is 0.310 e. The molecule has 0 aliphatic rings. The first kappa shape index (κ1) is 15.6. The molecule has 0 fully saturated rings. The van der Waals surface area contributed by atoms with Crippen molar-refractivity contribution in [3.05, 3.63) is 46.2 Å². The van der Waals surface area contributed by atoms with Gasteiger partial charge >= 0.3 is 0 Å². The average Bonchev–Trinajstić information content (AvgIpc) is 3.17. The lowest BCUT2D eigenvalue weighted by Gasteiger charge is -2.08. The van der Waals surface area contributed by atoms with Crippen molar-refractivity contribution >= 4 is 35.3 Å². The normalized spacial score (nSPS) is 10.7. The lowest BCUT2D eigenvalue weighted by molar-refractivity contribution is -0.116. The summed E-state index contributed by atoms with van der Waals surface area (Å²) in [5, 5.41) is 11.8. The number of nitrogens with one attached hydrogen (secondary N) is 2. The Balaban J connectivity index is 1.69. The third-order valence-electron chi connectivity index (χ3n) is 3.33. The van der Waals surface area contributed by atoms with E-state index in [9.17, 15) is 4.79 Å². The SMILES string of the molecule is Cc1cccnc1NC(=O)CCn1c(-c2cccs2)n[nH]c1=S. The minimum Gasteiger partial charge on any atom is -0.310 e. The second-order valence-electron chi connectivity index (χ2n) is 4.95. The fourth-order valence-corrected chi connectivity index (χ4v) is 3.09. The van der Waals surface area contributed by atoms with Gasteiger partial charge in [-0.05, 0) is 42.2 Å². The summed E-state index contributed by atoms with van der Waals surface area (Å²) in [6, 6.07) is 7.68. The molecule has 0 spiro atoms. The van der Waals surface area contributed by atoms with E-state index >= 15 is 0 Å². The van der Waals surface area contributed by atoms with E-state index in [1.165, 1.54) is 0 Å². The van der Waals surface area contributed by atoms with E-state index in [1.807, 2.05) is 41.1 Å². The van der Waals surface area contributed by atoms with Crippen LogP contribution in [0, 0.1) is 11.7 Å². The predicted molar refractivity (Wildman–Crippen MR) is 92.9 cm³/mol. The Hall–Kier alpha value is -2.32. The molecular weight excluding hydrogens is 330 g/mol. The van der Waals surface area contributed by atoms with Crippen molar-refractivity contribution in [1.29, 1.82) is 0 Å². The van der Waals surface area contributed by atoms with Gasteiger partial charge in [-0.1, -0.05) is 12.1 Å². The topological polar surface area (TPSA) is 75.6 Å². The number of rotatable bonds is 5. The number of nitrogens with zero attached hydrogens (tertiary/aromatic N) is 3. The molecule has 0 bridgehead atoms. The van der Waals surface area contributed by atoms with Crippen LogP contribution in [-0.4, -0.2) is 25.7 Å². The number of pyridine rings is 1. The monoisotopic (exact) mass is 345 g/mol. The Labute approximate surface area is 142 Å². The van der Waals surface area contributed by atoms with Gasteiger partial charge in [0.05, 0.1) is 4.88 Å². The van der Waals surface area contributed by atoms with E-state index in [1.54, 1.807) is 17.5 Å². The van der Waals surface area contributed by atoms with Crippen molar-refractivity contribution in [3.63, 3.8) is 0 Å². The highest BCUT2D eigenvalue weighted by atomic mass is 32.1. The number of H-pyrrole nitrogens is 1. The number of hydrogen-bond donors (Lipinski definition) is 2. The third-order valence-corrected chi connectivity index (χ3v) is 4.51. The molecule has 3 heterocycles. The number of amides is 1. The van der Waals surface area contributed by atoms with Gasteiger partial charge in [-0.15, -0.1) is 11.3 Å². The van der Waals surface area contributed by atoms with Crippen molar-refractivity contribution in [2.45, 2.75) is 19.9 Å². The van der Waals surface area contributed by atoms with Crippen LogP contribution in [0.2, 0.25) is 0 Å². The highest BCUT2D eigenvalue weighted by Crippen LogP contribution is 2.23. The number of thiophene rings is 1. The summed E-state index contributed by atoms with van der Waals surface area (Å²) in [5.74, 6) is 1.24. The molecule has 2 N–H and O–H groups in total. The summed E-state index contributed by atoms with van der Waals surface area (Å²) in [6.07, 6.45) is 1.95. The second-order valence-corrected chi connectivity index (χ2v) is 6.28. The molecule has 0 saturated heterocycles. The molecule has 3 aromatic rings. The Bertz CT molecular complexity index is 866. The van der Waals surface area contributed by atoms with Gasteiger partial charge < -0.3 is 5.32 Å². The van der Waals surface area contributed by atoms with Gasteiger partial charge in [-0.3, -0.25) is 14.5 Å². The zero-order valence-electron chi connectivity index (χ0n) is 12.4. The number of aromatic amines is 1. The van der Waals surface area contributed by atoms with Gasteiger partial charge in [0, 0.05) is 19.2 Å². The maximum atomic E-state index is 12.1. The first-order valence-corrected chi connectivity index (χ1v) is 8.34. The van der Waals surface area contributed by atoms with Crippen LogP contribution in [0.4, 0.5) is 5.82 Å². The lowest BCUT2D eigenvalue weighted by atomic mass is 10.3. The number of hydrogen-bond acceptors (Lipinski definition) is 5. The van der Waals surface area contributed by atoms with Crippen LogP contribution in [0.5, 0.6) is 0 Å². The molecule has 8 heteroatoms. The first-order valence-electron chi connectivity index (χ1n) is 7.05. The van der Waals surface area contributed by atoms with Crippen LogP contribution >= 0.6 is 23.6 Å². The number of anilines is 1. The summed E-state index contributed by atoms with van der Waals surface area (Å²) in [5.41, 5.74) is 0.931. The number of aromatic nitrogens is 4. The molecule has 6 nitrogen and oxygen atoms in total. The minimum absolute atomic E-state index is 0.105. The van der Waals surface area contributed by atoms with Gasteiger partial charge in [0.2, 0.25) is 5.91 Å². The molecule has 0 saturated carbocycles. The molecular formula is C15H15N5OS2. The highest BCUT2D eigenvalue weighted by molar-refractivity contribution is 7.71. The van der Waals surface area contributed by atoms with Gasteiger partial charge in [-0.2, -0.15) is 5.10 Å². The molecule has 118 valence electrons. The van der Waals surface area contributed by atoms with Gasteiger partial charge in [0.15, 0.2) is 10.6 Å². The van der Waals surface area contributed by atoms with Crippen molar-refractivity contribution < 1.29 is 4.79 Å². The van der Waals surface area contributed by atoms with E-state index < -0.39 is 0 Å². The number of aryl methyl sites for hydroxylation is 1. The Kier molecular flexibility index (Phi) is 4.63. The summed E-state index contributed by atoms with van der Waals surface area (Å²) in [7, 11) is 0. The summed E-state index contributed by atoms with van der Waals surface area (Å²) in [4.78, 5) is 17.3. The van der Waals surface area contributed by atoms with E-state index in [0.717, 1.165) is 16.3 Å². The minimum atomic E-state index is -0.105. The van der Waals surface area contributed by atoms with E-state index in [4.69, 9.17) is 12.2 Å². The number of carbonyl (C=O) groups excluding carboxylic acids is 1. The molecule has 3 rings (SSSR count). The van der Waals surface area contributed by atoms with Gasteiger partial charge in [-0.25, -0.2) is 4.98 Å². The molecule has 0 radical (unpaired) electrons. The fourth-order valence-electron chi connectivity index (χ4n) is 2.14. The van der Waals surface area contributed by atoms with Crippen molar-refractivity contribution in [3.8, 4) is 10.7 Å². The summed E-state index contributed by atoms with van der Waals surface area (Å²) in [6.45, 7) is 2.37. The maximum absolute atomic E-state index is 12.1. The summed E-state index contributed by atoms with van der Waals surface area (Å²) >= 11 is 6.84. The predicted octanol–water partition coefficient (Wildman–Crippen LogP) is 3.40. The average molecular weight is 345 g/mol. The van der Waals surface area contributed by atoms with E-state index in [-0.39, 0.29) is 5.91 Å². The highest BCUT2D eigenvalue weighted by Gasteiger charge is 2.12. The van der Waals surface area contributed by atoms with E-state index in [0.29, 0.717) is 23.6 Å². The summed E-state index contributed by atoms with van der Waals surface area (Å²) < 4.78 is 2.35. The van der Waals surface area contributed by atoms with Crippen molar-refractivity contribution in [2.24, 2.45) is 0 Å². The molecule has 0 aliphatic carbocycles. The Morgan fingerprint density at radius 1 is 1.43 bits per heavy atom. The van der Waals surface area contributed by atoms with Crippen LogP contribution in [0.3, 0.4) is 0 Å². The quantitative estimate of drug-likeness (QED) is 0.695. The molecule has 0 atom stereocenters. The van der Waals surface area contributed by atoms with Crippen LogP contribution in [0.15, 0.2) is 35.8 Å². The lowest BCUT2D eigenvalue weighted by Crippen LogP contribution is -2.16. The van der Waals surface area contributed by atoms with Crippen LogP contribution in [-0.2, 0) is 11.3 Å². The fraction of sp³-hybridized carbons (Fsp3) is 0.200.